The molecule has 1 aromatic carbocycles. The molecule has 0 radical (unpaired) electrons. The van der Waals surface area contributed by atoms with Crippen LogP contribution in [0.15, 0.2) is 29.2 Å². The van der Waals surface area contributed by atoms with Crippen LogP contribution in [-0.4, -0.2) is 22.8 Å². The van der Waals surface area contributed by atoms with Gasteiger partial charge in [-0.25, -0.2) is 9.97 Å². The van der Waals surface area contributed by atoms with Crippen molar-refractivity contribution >= 4 is 17.6 Å². The van der Waals surface area contributed by atoms with E-state index < -0.39 is 0 Å². The standard InChI is InChI=1S/C17H21N3S/c1-3-11-18-17-14-5-4-6-15(14)19-16(20-17)12-7-9-13(21-2)10-8-12/h7-10H,3-6,11H2,1-2H3,(H,18,19,20). The summed E-state index contributed by atoms with van der Waals surface area (Å²) in [5.74, 6) is 1.89. The molecule has 1 heterocycles. The first-order valence-corrected chi connectivity index (χ1v) is 8.82. The topological polar surface area (TPSA) is 37.8 Å². The zero-order valence-corrected chi connectivity index (χ0v) is 13.5. The molecule has 1 aromatic heterocycles. The smallest absolute Gasteiger partial charge is 0.161 e. The molecular formula is C17H21N3S. The van der Waals surface area contributed by atoms with E-state index in [1.165, 1.54) is 22.6 Å². The van der Waals surface area contributed by atoms with Gasteiger partial charge in [-0.1, -0.05) is 19.1 Å². The Kier molecular flexibility index (Phi) is 4.44. The number of anilines is 1. The summed E-state index contributed by atoms with van der Waals surface area (Å²) in [6, 6.07) is 8.50. The van der Waals surface area contributed by atoms with E-state index in [4.69, 9.17) is 9.97 Å². The Bertz CT molecular complexity index is 623. The maximum Gasteiger partial charge on any atom is 0.161 e. The molecule has 4 heteroatoms. The third-order valence-electron chi connectivity index (χ3n) is 3.82. The summed E-state index contributed by atoms with van der Waals surface area (Å²) >= 11 is 1.75. The van der Waals surface area contributed by atoms with Crippen LogP contribution >= 0.6 is 11.8 Å². The van der Waals surface area contributed by atoms with Gasteiger partial charge in [0.15, 0.2) is 5.82 Å². The number of hydrogen-bond donors (Lipinski definition) is 1. The van der Waals surface area contributed by atoms with Gasteiger partial charge in [-0.3, -0.25) is 0 Å². The lowest BCUT2D eigenvalue weighted by molar-refractivity contribution is 0.899. The summed E-state index contributed by atoms with van der Waals surface area (Å²) in [6.45, 7) is 3.14. The van der Waals surface area contributed by atoms with Crippen LogP contribution in [0.2, 0.25) is 0 Å². The van der Waals surface area contributed by atoms with Gasteiger partial charge in [0, 0.05) is 28.3 Å². The molecule has 0 saturated heterocycles. The lowest BCUT2D eigenvalue weighted by atomic mass is 10.2. The summed E-state index contributed by atoms with van der Waals surface area (Å²) in [7, 11) is 0. The first kappa shape index (κ1) is 14.4. The summed E-state index contributed by atoms with van der Waals surface area (Å²) in [4.78, 5) is 10.8. The molecule has 0 unspecified atom stereocenters. The SMILES string of the molecule is CCCNc1nc(-c2ccc(SC)cc2)nc2c1CCC2. The number of fused-ring (bicyclic) bond motifs is 1. The van der Waals surface area contributed by atoms with Crippen molar-refractivity contribution in [1.29, 1.82) is 0 Å². The van der Waals surface area contributed by atoms with Crippen molar-refractivity contribution in [2.75, 3.05) is 18.1 Å². The van der Waals surface area contributed by atoms with E-state index in [0.717, 1.165) is 43.0 Å². The van der Waals surface area contributed by atoms with E-state index in [0.29, 0.717) is 0 Å². The van der Waals surface area contributed by atoms with Gasteiger partial charge < -0.3 is 5.32 Å². The minimum atomic E-state index is 0.849. The normalized spacial score (nSPS) is 13.2. The largest absolute Gasteiger partial charge is 0.370 e. The molecule has 0 spiro atoms. The van der Waals surface area contributed by atoms with Crippen molar-refractivity contribution in [3.05, 3.63) is 35.5 Å². The summed E-state index contributed by atoms with van der Waals surface area (Å²) < 4.78 is 0. The van der Waals surface area contributed by atoms with Gasteiger partial charge in [0.25, 0.3) is 0 Å². The summed E-state index contributed by atoms with van der Waals surface area (Å²) in [5, 5.41) is 3.47. The Labute approximate surface area is 130 Å². The average Bonchev–Trinajstić information content (AvgIpc) is 3.01. The number of thioether (sulfide) groups is 1. The third-order valence-corrected chi connectivity index (χ3v) is 4.57. The van der Waals surface area contributed by atoms with Crippen LogP contribution in [0.4, 0.5) is 5.82 Å². The summed E-state index contributed by atoms with van der Waals surface area (Å²) in [6.07, 6.45) is 6.57. The molecule has 0 aliphatic heterocycles. The van der Waals surface area contributed by atoms with Crippen LogP contribution in [0, 0.1) is 0 Å². The van der Waals surface area contributed by atoms with Crippen LogP contribution in [0.1, 0.15) is 31.0 Å². The number of aromatic nitrogens is 2. The number of hydrogen-bond acceptors (Lipinski definition) is 4. The van der Waals surface area contributed by atoms with E-state index in [2.05, 4.69) is 42.8 Å². The van der Waals surface area contributed by atoms with E-state index in [9.17, 15) is 0 Å². The Morgan fingerprint density at radius 1 is 1.14 bits per heavy atom. The maximum atomic E-state index is 4.79. The highest BCUT2D eigenvalue weighted by atomic mass is 32.2. The first-order chi connectivity index (χ1) is 10.3. The zero-order chi connectivity index (χ0) is 14.7. The Morgan fingerprint density at radius 2 is 1.95 bits per heavy atom. The quantitative estimate of drug-likeness (QED) is 0.841. The van der Waals surface area contributed by atoms with Crippen LogP contribution < -0.4 is 5.32 Å². The molecule has 1 aliphatic rings. The number of nitrogens with zero attached hydrogens (tertiary/aromatic N) is 2. The average molecular weight is 299 g/mol. The number of benzene rings is 1. The lowest BCUT2D eigenvalue weighted by Crippen LogP contribution is -2.08. The van der Waals surface area contributed by atoms with Gasteiger partial charge in [-0.05, 0) is 44.1 Å². The molecule has 1 N–H and O–H groups in total. The van der Waals surface area contributed by atoms with E-state index in [1.807, 2.05) is 0 Å². The molecule has 0 saturated carbocycles. The second kappa shape index (κ2) is 6.48. The van der Waals surface area contributed by atoms with Crippen molar-refractivity contribution in [3.63, 3.8) is 0 Å². The predicted molar refractivity (Wildman–Crippen MR) is 90.1 cm³/mol. The Balaban J connectivity index is 1.97. The molecule has 0 amide bonds. The van der Waals surface area contributed by atoms with Gasteiger partial charge in [0.05, 0.1) is 0 Å². The molecule has 3 nitrogen and oxygen atoms in total. The van der Waals surface area contributed by atoms with Crippen LogP contribution in [0.3, 0.4) is 0 Å². The number of nitrogens with one attached hydrogen (secondary N) is 1. The Morgan fingerprint density at radius 3 is 2.67 bits per heavy atom. The fraction of sp³-hybridized carbons (Fsp3) is 0.412. The van der Waals surface area contributed by atoms with Crippen LogP contribution in [0.5, 0.6) is 0 Å². The van der Waals surface area contributed by atoms with Gasteiger partial charge in [0.2, 0.25) is 0 Å². The van der Waals surface area contributed by atoms with Gasteiger partial charge in [-0.15, -0.1) is 11.8 Å². The van der Waals surface area contributed by atoms with Gasteiger partial charge in [0.1, 0.15) is 5.82 Å². The molecule has 3 rings (SSSR count). The van der Waals surface area contributed by atoms with E-state index >= 15 is 0 Å². The van der Waals surface area contributed by atoms with Gasteiger partial charge in [-0.2, -0.15) is 0 Å². The molecule has 21 heavy (non-hydrogen) atoms. The van der Waals surface area contributed by atoms with E-state index in [-0.39, 0.29) is 0 Å². The fourth-order valence-electron chi connectivity index (χ4n) is 2.69. The van der Waals surface area contributed by atoms with Crippen molar-refractivity contribution in [2.24, 2.45) is 0 Å². The first-order valence-electron chi connectivity index (χ1n) is 7.60. The fourth-order valence-corrected chi connectivity index (χ4v) is 3.10. The monoisotopic (exact) mass is 299 g/mol. The maximum absolute atomic E-state index is 4.79. The van der Waals surface area contributed by atoms with Crippen LogP contribution in [0.25, 0.3) is 11.4 Å². The minimum Gasteiger partial charge on any atom is -0.370 e. The zero-order valence-electron chi connectivity index (χ0n) is 12.6. The van der Waals surface area contributed by atoms with Crippen LogP contribution in [-0.2, 0) is 12.8 Å². The van der Waals surface area contributed by atoms with Crippen molar-refractivity contribution in [2.45, 2.75) is 37.5 Å². The molecule has 2 aromatic rings. The molecule has 0 bridgehead atoms. The number of aryl methyl sites for hydroxylation is 1. The second-order valence-electron chi connectivity index (χ2n) is 5.33. The molecule has 110 valence electrons. The summed E-state index contributed by atoms with van der Waals surface area (Å²) in [5.41, 5.74) is 3.66. The molecule has 0 atom stereocenters. The highest BCUT2D eigenvalue weighted by molar-refractivity contribution is 7.98. The predicted octanol–water partition coefficient (Wildman–Crippen LogP) is 4.18. The van der Waals surface area contributed by atoms with Crippen molar-refractivity contribution in [3.8, 4) is 11.4 Å². The Hall–Kier alpha value is -1.55. The van der Waals surface area contributed by atoms with Crippen molar-refractivity contribution in [1.82, 2.24) is 9.97 Å². The molecule has 0 fully saturated rings. The molecule has 1 aliphatic carbocycles. The number of rotatable bonds is 5. The highest BCUT2D eigenvalue weighted by Gasteiger charge is 2.19. The minimum absolute atomic E-state index is 0.849. The lowest BCUT2D eigenvalue weighted by Gasteiger charge is -2.12. The van der Waals surface area contributed by atoms with E-state index in [1.54, 1.807) is 11.8 Å². The molecular weight excluding hydrogens is 278 g/mol. The second-order valence-corrected chi connectivity index (χ2v) is 6.21. The van der Waals surface area contributed by atoms with Gasteiger partial charge >= 0.3 is 0 Å². The van der Waals surface area contributed by atoms with Crippen molar-refractivity contribution < 1.29 is 0 Å². The highest BCUT2D eigenvalue weighted by Crippen LogP contribution is 2.29. The third kappa shape index (κ3) is 3.05.